The van der Waals surface area contributed by atoms with Crippen LogP contribution in [0.3, 0.4) is 0 Å². The number of carbonyl (C=O) groups is 1. The Labute approximate surface area is 175 Å². The third-order valence-corrected chi connectivity index (χ3v) is 9.43. The van der Waals surface area contributed by atoms with E-state index in [1.54, 1.807) is 30.5 Å². The number of hydrogen-bond donors (Lipinski definition) is 2. The highest BCUT2D eigenvalue weighted by molar-refractivity contribution is 7.91. The number of nitrogens with zero attached hydrogens (tertiary/aromatic N) is 1. The van der Waals surface area contributed by atoms with Crippen LogP contribution in [-0.4, -0.2) is 46.7 Å². The maximum atomic E-state index is 13.0. The Morgan fingerprint density at radius 2 is 1.83 bits per heavy atom. The van der Waals surface area contributed by atoms with Crippen molar-refractivity contribution >= 4 is 43.0 Å². The van der Waals surface area contributed by atoms with Crippen LogP contribution >= 0.6 is 11.3 Å². The summed E-state index contributed by atoms with van der Waals surface area (Å²) in [4.78, 5) is 12.3. The summed E-state index contributed by atoms with van der Waals surface area (Å²) in [6.07, 6.45) is 2.68. The molecule has 1 amide bonds. The number of piperidine rings is 1. The van der Waals surface area contributed by atoms with Crippen molar-refractivity contribution in [3.63, 3.8) is 0 Å². The van der Waals surface area contributed by atoms with Gasteiger partial charge in [0.1, 0.15) is 4.21 Å². The third-order valence-electron chi connectivity index (χ3n) is 4.59. The Morgan fingerprint density at radius 3 is 2.48 bits per heavy atom. The van der Waals surface area contributed by atoms with Crippen LogP contribution in [0.25, 0.3) is 0 Å². The van der Waals surface area contributed by atoms with E-state index in [0.29, 0.717) is 24.3 Å². The average Bonchev–Trinajstić information content (AvgIpc) is 3.24. The van der Waals surface area contributed by atoms with E-state index >= 15 is 0 Å². The number of nitrogens with one attached hydrogen (secondary N) is 2. The Kier molecular flexibility index (Phi) is 6.74. The van der Waals surface area contributed by atoms with Crippen molar-refractivity contribution in [1.29, 1.82) is 0 Å². The molecular weight excluding hydrogens is 434 g/mol. The van der Waals surface area contributed by atoms with Gasteiger partial charge >= 0.3 is 0 Å². The van der Waals surface area contributed by atoms with Crippen LogP contribution in [0.1, 0.15) is 24.8 Å². The van der Waals surface area contributed by atoms with Crippen molar-refractivity contribution in [3.05, 3.63) is 41.3 Å². The number of benzene rings is 1. The van der Waals surface area contributed by atoms with Gasteiger partial charge in [0, 0.05) is 18.8 Å². The zero-order valence-corrected chi connectivity index (χ0v) is 18.4. The lowest BCUT2D eigenvalue weighted by atomic mass is 10.2. The molecule has 1 aromatic carbocycles. The summed E-state index contributed by atoms with van der Waals surface area (Å²) < 4.78 is 53.9. The highest BCUT2D eigenvalue weighted by Crippen LogP contribution is 2.26. The van der Waals surface area contributed by atoms with Gasteiger partial charge in [0.15, 0.2) is 0 Å². The van der Waals surface area contributed by atoms with Gasteiger partial charge in [0.2, 0.25) is 15.9 Å². The van der Waals surface area contributed by atoms with Gasteiger partial charge < -0.3 is 5.32 Å². The van der Waals surface area contributed by atoms with E-state index < -0.39 is 32.5 Å². The molecule has 0 radical (unpaired) electrons. The van der Waals surface area contributed by atoms with Gasteiger partial charge in [0.05, 0.1) is 11.4 Å². The minimum Gasteiger partial charge on any atom is -0.325 e. The molecule has 0 unspecified atom stereocenters. The van der Waals surface area contributed by atoms with Gasteiger partial charge in [-0.3, -0.25) is 4.79 Å². The molecule has 8 nitrogen and oxygen atoms in total. The second-order valence-electron chi connectivity index (χ2n) is 6.75. The van der Waals surface area contributed by atoms with Crippen molar-refractivity contribution in [3.8, 4) is 0 Å². The van der Waals surface area contributed by atoms with Crippen molar-refractivity contribution < 1.29 is 21.6 Å². The molecule has 1 aromatic heterocycles. The maximum Gasteiger partial charge on any atom is 0.250 e. The first-order chi connectivity index (χ1) is 13.7. The lowest BCUT2D eigenvalue weighted by Gasteiger charge is -2.26. The lowest BCUT2D eigenvalue weighted by molar-refractivity contribution is -0.115. The van der Waals surface area contributed by atoms with E-state index in [1.165, 1.54) is 16.4 Å². The first kappa shape index (κ1) is 21.9. The molecule has 0 aliphatic carbocycles. The number of aryl methyl sites for hydroxylation is 1. The molecule has 1 saturated heterocycles. The van der Waals surface area contributed by atoms with E-state index in [1.807, 2.05) is 0 Å². The molecule has 0 atom stereocenters. The van der Waals surface area contributed by atoms with Crippen LogP contribution in [0.4, 0.5) is 5.69 Å². The number of sulfonamides is 2. The minimum absolute atomic E-state index is 0.121. The average molecular weight is 458 g/mol. The highest BCUT2D eigenvalue weighted by atomic mass is 32.2. The van der Waals surface area contributed by atoms with Crippen LogP contribution in [0.5, 0.6) is 0 Å². The van der Waals surface area contributed by atoms with E-state index in [-0.39, 0.29) is 9.10 Å². The zero-order chi connectivity index (χ0) is 21.1. The third kappa shape index (κ3) is 5.23. The Balaban J connectivity index is 1.70. The molecule has 0 saturated carbocycles. The van der Waals surface area contributed by atoms with Crippen LogP contribution in [0.2, 0.25) is 0 Å². The molecule has 3 rings (SSSR count). The summed E-state index contributed by atoms with van der Waals surface area (Å²) in [7, 11) is -7.40. The standard InChI is InChI=1S/C18H23N3O5S3/c1-14-7-8-15(12-16(14)29(25,26)21-9-3-2-4-10-21)20-17(22)13-19-28(23,24)18-6-5-11-27-18/h5-8,11-12,19H,2-4,9-10,13H2,1H3,(H,20,22). The molecule has 0 bridgehead atoms. The molecule has 2 aromatic rings. The highest BCUT2D eigenvalue weighted by Gasteiger charge is 2.27. The largest absolute Gasteiger partial charge is 0.325 e. The SMILES string of the molecule is Cc1ccc(NC(=O)CNS(=O)(=O)c2cccs2)cc1S(=O)(=O)N1CCCCC1. The second kappa shape index (κ2) is 8.92. The molecule has 158 valence electrons. The number of hydrogen-bond acceptors (Lipinski definition) is 6. The fourth-order valence-electron chi connectivity index (χ4n) is 3.05. The Hall–Kier alpha value is -1.79. The summed E-state index contributed by atoms with van der Waals surface area (Å²) in [5, 5.41) is 4.19. The smallest absolute Gasteiger partial charge is 0.250 e. The van der Waals surface area contributed by atoms with Gasteiger partial charge in [-0.1, -0.05) is 18.6 Å². The summed E-state index contributed by atoms with van der Waals surface area (Å²) in [6, 6.07) is 7.70. The zero-order valence-electron chi connectivity index (χ0n) is 15.9. The number of carbonyl (C=O) groups excluding carboxylic acids is 1. The molecule has 2 heterocycles. The molecular formula is C18H23N3O5S3. The topological polar surface area (TPSA) is 113 Å². The lowest BCUT2D eigenvalue weighted by Crippen LogP contribution is -2.36. The van der Waals surface area contributed by atoms with Crippen LogP contribution < -0.4 is 10.0 Å². The molecule has 2 N–H and O–H groups in total. The van der Waals surface area contributed by atoms with Gasteiger partial charge in [-0.2, -0.15) is 4.31 Å². The second-order valence-corrected chi connectivity index (χ2v) is 11.6. The van der Waals surface area contributed by atoms with Gasteiger partial charge in [-0.25, -0.2) is 21.6 Å². The van der Waals surface area contributed by atoms with Gasteiger partial charge in [0.25, 0.3) is 10.0 Å². The summed E-state index contributed by atoms with van der Waals surface area (Å²) in [5.74, 6) is -0.588. The normalized spacial score (nSPS) is 15.9. The number of rotatable bonds is 7. The predicted molar refractivity (Wildman–Crippen MR) is 112 cm³/mol. The molecule has 0 spiro atoms. The first-order valence-corrected chi connectivity index (χ1v) is 12.9. The van der Waals surface area contributed by atoms with E-state index in [4.69, 9.17) is 0 Å². The van der Waals surface area contributed by atoms with Crippen molar-refractivity contribution in [2.45, 2.75) is 35.3 Å². The summed E-state index contributed by atoms with van der Waals surface area (Å²) in [5.41, 5.74) is 0.887. The maximum absolute atomic E-state index is 13.0. The monoisotopic (exact) mass is 457 g/mol. The number of thiophene rings is 1. The van der Waals surface area contributed by atoms with Crippen LogP contribution in [0.15, 0.2) is 44.8 Å². The van der Waals surface area contributed by atoms with Crippen molar-refractivity contribution in [2.75, 3.05) is 25.0 Å². The van der Waals surface area contributed by atoms with Crippen molar-refractivity contribution in [1.82, 2.24) is 9.03 Å². The molecule has 1 aliphatic heterocycles. The Morgan fingerprint density at radius 1 is 1.10 bits per heavy atom. The van der Waals surface area contributed by atoms with Gasteiger partial charge in [-0.05, 0) is 48.9 Å². The van der Waals surface area contributed by atoms with Crippen LogP contribution in [0, 0.1) is 6.92 Å². The summed E-state index contributed by atoms with van der Waals surface area (Å²) in [6.45, 7) is 2.23. The fraction of sp³-hybridized carbons (Fsp3) is 0.389. The molecule has 1 aliphatic rings. The molecule has 29 heavy (non-hydrogen) atoms. The van der Waals surface area contributed by atoms with E-state index in [9.17, 15) is 21.6 Å². The summed E-state index contributed by atoms with van der Waals surface area (Å²) >= 11 is 1.05. The first-order valence-electron chi connectivity index (χ1n) is 9.14. The van der Waals surface area contributed by atoms with Crippen molar-refractivity contribution in [2.24, 2.45) is 0 Å². The number of amides is 1. The predicted octanol–water partition coefficient (Wildman–Crippen LogP) is 2.15. The molecule has 11 heteroatoms. The molecule has 1 fully saturated rings. The minimum atomic E-state index is -3.75. The quantitative estimate of drug-likeness (QED) is 0.662. The van der Waals surface area contributed by atoms with Crippen LogP contribution in [-0.2, 0) is 24.8 Å². The number of anilines is 1. The van der Waals surface area contributed by atoms with E-state index in [0.717, 1.165) is 30.6 Å². The fourth-order valence-corrected chi connectivity index (χ4v) is 6.84. The Bertz CT molecular complexity index is 1070. The van der Waals surface area contributed by atoms with Gasteiger partial charge in [-0.15, -0.1) is 11.3 Å². The van der Waals surface area contributed by atoms with E-state index in [2.05, 4.69) is 10.0 Å².